The number of hydrogen-bond donors (Lipinski definition) is 0. The Balaban J connectivity index is 2.73. The van der Waals surface area contributed by atoms with Crippen molar-refractivity contribution in [2.24, 2.45) is 0 Å². The van der Waals surface area contributed by atoms with E-state index in [-0.39, 0.29) is 5.92 Å². The molecule has 0 amide bonds. The van der Waals surface area contributed by atoms with Crippen molar-refractivity contribution in [1.82, 2.24) is 0 Å². The first kappa shape index (κ1) is 22.5. The molecule has 0 N–H and O–H groups in total. The molecule has 0 fully saturated rings. The van der Waals surface area contributed by atoms with Gasteiger partial charge in [-0.1, -0.05) is 19.8 Å². The molecule has 2 aromatic carbocycles. The third-order valence-corrected chi connectivity index (χ3v) is 5.07. The van der Waals surface area contributed by atoms with Gasteiger partial charge < -0.3 is 28.4 Å². The monoisotopic (exact) mass is 404 g/mol. The van der Waals surface area contributed by atoms with Gasteiger partial charge in [0.05, 0.1) is 42.7 Å². The van der Waals surface area contributed by atoms with Gasteiger partial charge in [-0.2, -0.15) is 0 Å². The fourth-order valence-electron chi connectivity index (χ4n) is 3.54. The first-order valence-corrected chi connectivity index (χ1v) is 9.68. The zero-order valence-electron chi connectivity index (χ0n) is 18.5. The number of hydrogen-bond acceptors (Lipinski definition) is 6. The Morgan fingerprint density at radius 1 is 0.552 bits per heavy atom. The minimum Gasteiger partial charge on any atom is -0.496 e. The number of ether oxygens (including phenoxy) is 6. The van der Waals surface area contributed by atoms with Gasteiger partial charge in [0.1, 0.15) is 11.5 Å². The lowest BCUT2D eigenvalue weighted by Crippen LogP contribution is -2.08. The highest BCUT2D eigenvalue weighted by molar-refractivity contribution is 5.58. The molecule has 2 aromatic rings. The Kier molecular flexibility index (Phi) is 8.31. The molecule has 6 heteroatoms. The van der Waals surface area contributed by atoms with E-state index in [0.717, 1.165) is 41.9 Å². The molecule has 0 saturated carbocycles. The second kappa shape index (κ2) is 10.7. The summed E-state index contributed by atoms with van der Waals surface area (Å²) in [7, 11) is 9.81. The quantitative estimate of drug-likeness (QED) is 0.522. The molecular formula is C23H32O6. The van der Waals surface area contributed by atoms with Crippen LogP contribution in [-0.4, -0.2) is 42.7 Å². The van der Waals surface area contributed by atoms with Gasteiger partial charge in [-0.25, -0.2) is 0 Å². The Morgan fingerprint density at radius 3 is 1.21 bits per heavy atom. The van der Waals surface area contributed by atoms with Crippen molar-refractivity contribution in [3.63, 3.8) is 0 Å². The first-order chi connectivity index (χ1) is 14.1. The second-order valence-electron chi connectivity index (χ2n) is 6.59. The van der Waals surface area contributed by atoms with Gasteiger partial charge in [0, 0.05) is 29.2 Å². The van der Waals surface area contributed by atoms with Gasteiger partial charge in [0.2, 0.25) is 0 Å². The van der Waals surface area contributed by atoms with Crippen LogP contribution in [-0.2, 0) is 0 Å². The Hall–Kier alpha value is -2.76. The smallest absolute Gasteiger partial charge is 0.164 e. The molecule has 0 aromatic heterocycles. The van der Waals surface area contributed by atoms with Crippen molar-refractivity contribution in [1.29, 1.82) is 0 Å². The molecule has 0 spiro atoms. The van der Waals surface area contributed by atoms with Crippen molar-refractivity contribution >= 4 is 0 Å². The van der Waals surface area contributed by atoms with Gasteiger partial charge in [-0.3, -0.25) is 0 Å². The number of methoxy groups -OCH3 is 6. The van der Waals surface area contributed by atoms with Crippen molar-refractivity contribution < 1.29 is 28.4 Å². The van der Waals surface area contributed by atoms with Gasteiger partial charge in [0.15, 0.2) is 23.0 Å². The molecule has 0 radical (unpaired) electrons. The fourth-order valence-corrected chi connectivity index (χ4v) is 3.54. The van der Waals surface area contributed by atoms with Crippen LogP contribution in [0.5, 0.6) is 34.5 Å². The summed E-state index contributed by atoms with van der Waals surface area (Å²) < 4.78 is 33.4. The maximum Gasteiger partial charge on any atom is 0.164 e. The third kappa shape index (κ3) is 4.81. The predicted octanol–water partition coefficient (Wildman–Crippen LogP) is 5.06. The highest BCUT2D eigenvalue weighted by atomic mass is 16.5. The van der Waals surface area contributed by atoms with Crippen LogP contribution in [0.25, 0.3) is 0 Å². The largest absolute Gasteiger partial charge is 0.496 e. The van der Waals surface area contributed by atoms with E-state index in [2.05, 4.69) is 6.92 Å². The predicted molar refractivity (Wildman–Crippen MR) is 114 cm³/mol. The molecule has 2 rings (SSSR count). The summed E-state index contributed by atoms with van der Waals surface area (Å²) in [6.07, 6.45) is 3.02. The van der Waals surface area contributed by atoms with E-state index in [1.54, 1.807) is 42.7 Å². The molecule has 0 aliphatic heterocycles. The highest BCUT2D eigenvalue weighted by Crippen LogP contribution is 2.46. The van der Waals surface area contributed by atoms with Crippen LogP contribution in [0.4, 0.5) is 0 Å². The van der Waals surface area contributed by atoms with E-state index in [1.165, 1.54) is 0 Å². The minimum absolute atomic E-state index is 0.0134. The average molecular weight is 405 g/mol. The maximum absolute atomic E-state index is 5.71. The zero-order chi connectivity index (χ0) is 21.4. The Morgan fingerprint density at radius 2 is 0.897 bits per heavy atom. The number of benzene rings is 2. The van der Waals surface area contributed by atoms with Crippen LogP contribution in [0.2, 0.25) is 0 Å². The summed E-state index contributed by atoms with van der Waals surface area (Å²) >= 11 is 0. The highest BCUT2D eigenvalue weighted by Gasteiger charge is 2.26. The summed E-state index contributed by atoms with van der Waals surface area (Å²) in [5, 5.41) is 0. The normalized spacial score (nSPS) is 10.6. The molecule has 0 saturated heterocycles. The third-order valence-electron chi connectivity index (χ3n) is 5.07. The van der Waals surface area contributed by atoms with Crippen LogP contribution in [0, 0.1) is 0 Å². The van der Waals surface area contributed by atoms with Gasteiger partial charge >= 0.3 is 0 Å². The molecule has 6 nitrogen and oxygen atoms in total. The summed E-state index contributed by atoms with van der Waals surface area (Å²) in [5.74, 6) is 4.05. The van der Waals surface area contributed by atoms with Gasteiger partial charge in [-0.15, -0.1) is 0 Å². The van der Waals surface area contributed by atoms with Crippen LogP contribution in [0.15, 0.2) is 24.3 Å². The molecule has 0 aliphatic rings. The van der Waals surface area contributed by atoms with E-state index >= 15 is 0 Å². The maximum atomic E-state index is 5.71. The van der Waals surface area contributed by atoms with E-state index < -0.39 is 0 Å². The Labute approximate surface area is 173 Å². The lowest BCUT2D eigenvalue weighted by Gasteiger charge is -2.25. The second-order valence-corrected chi connectivity index (χ2v) is 6.59. The summed E-state index contributed by atoms with van der Waals surface area (Å²) in [6.45, 7) is 2.18. The Bertz CT molecular complexity index is 739. The van der Waals surface area contributed by atoms with Crippen molar-refractivity contribution in [3.8, 4) is 34.5 Å². The van der Waals surface area contributed by atoms with Crippen molar-refractivity contribution in [2.45, 2.75) is 32.1 Å². The minimum atomic E-state index is 0.0134. The molecule has 0 aliphatic carbocycles. The summed E-state index contributed by atoms with van der Waals surface area (Å²) in [4.78, 5) is 0. The van der Waals surface area contributed by atoms with E-state index in [4.69, 9.17) is 28.4 Å². The average Bonchev–Trinajstić information content (AvgIpc) is 2.77. The lowest BCUT2D eigenvalue weighted by atomic mass is 9.85. The summed E-state index contributed by atoms with van der Waals surface area (Å²) in [5.41, 5.74) is 2.01. The van der Waals surface area contributed by atoms with Crippen LogP contribution in [0.3, 0.4) is 0 Å². The van der Waals surface area contributed by atoms with Crippen LogP contribution in [0.1, 0.15) is 43.2 Å². The van der Waals surface area contributed by atoms with E-state index in [0.29, 0.717) is 23.0 Å². The molecule has 0 heterocycles. The molecule has 0 bridgehead atoms. The number of unbranched alkanes of at least 4 members (excludes halogenated alkanes) is 1. The summed E-state index contributed by atoms with van der Waals surface area (Å²) in [6, 6.07) is 7.68. The van der Waals surface area contributed by atoms with Crippen LogP contribution < -0.4 is 28.4 Å². The first-order valence-electron chi connectivity index (χ1n) is 9.68. The molecule has 0 atom stereocenters. The molecule has 0 unspecified atom stereocenters. The van der Waals surface area contributed by atoms with Gasteiger partial charge in [-0.05, 0) is 18.6 Å². The van der Waals surface area contributed by atoms with Crippen molar-refractivity contribution in [3.05, 3.63) is 35.4 Å². The van der Waals surface area contributed by atoms with Crippen LogP contribution >= 0.6 is 0 Å². The van der Waals surface area contributed by atoms with E-state index in [9.17, 15) is 0 Å². The lowest BCUT2D eigenvalue weighted by molar-refractivity contribution is 0.343. The number of rotatable bonds is 11. The molecule has 29 heavy (non-hydrogen) atoms. The molecule has 160 valence electrons. The topological polar surface area (TPSA) is 55.4 Å². The van der Waals surface area contributed by atoms with E-state index in [1.807, 2.05) is 24.3 Å². The van der Waals surface area contributed by atoms with Crippen molar-refractivity contribution in [2.75, 3.05) is 42.7 Å². The fraction of sp³-hybridized carbons (Fsp3) is 0.478. The SMILES string of the molecule is CCCCC(c1cc(OC)c(OC)cc1OC)c1cc(OC)c(OC)cc1OC. The van der Waals surface area contributed by atoms with Gasteiger partial charge in [0.25, 0.3) is 0 Å². The standard InChI is InChI=1S/C23H32O6/c1-8-9-10-15(16-11-20(26-4)22(28-6)13-18(16)24-2)17-12-21(27-5)23(29-7)14-19(17)25-3/h11-15H,8-10H2,1-7H3. The molecular weight excluding hydrogens is 372 g/mol. The zero-order valence-corrected chi connectivity index (χ0v) is 18.5.